The summed E-state index contributed by atoms with van der Waals surface area (Å²) in [5, 5.41) is 10.0. The van der Waals surface area contributed by atoms with E-state index in [2.05, 4.69) is 4.90 Å². The number of carbonyl (C=O) groups excluding carboxylic acids is 1. The lowest BCUT2D eigenvalue weighted by atomic mass is 9.95. The third-order valence-electron chi connectivity index (χ3n) is 3.45. The van der Waals surface area contributed by atoms with Gasteiger partial charge in [0.2, 0.25) is 0 Å². The second-order valence-electron chi connectivity index (χ2n) is 5.18. The Balaban J connectivity index is 2.46. The van der Waals surface area contributed by atoms with Gasteiger partial charge in [0, 0.05) is 13.1 Å². The number of carbonyl (C=O) groups is 1. The van der Waals surface area contributed by atoms with Gasteiger partial charge in [-0.25, -0.2) is 0 Å². The van der Waals surface area contributed by atoms with E-state index in [0.29, 0.717) is 13.2 Å². The van der Waals surface area contributed by atoms with Crippen LogP contribution in [0.1, 0.15) is 40.0 Å². The van der Waals surface area contributed by atoms with Crippen molar-refractivity contribution in [1.82, 2.24) is 4.90 Å². The molecule has 0 amide bonds. The van der Waals surface area contributed by atoms with E-state index in [1.807, 2.05) is 20.8 Å². The number of β-amino-alcohol motifs (C(OH)–C–C–N with tert-alkyl or cyclic N) is 1. The van der Waals surface area contributed by atoms with Crippen molar-refractivity contribution in [1.29, 1.82) is 0 Å². The molecule has 17 heavy (non-hydrogen) atoms. The Morgan fingerprint density at radius 1 is 1.53 bits per heavy atom. The molecule has 1 saturated heterocycles. The van der Waals surface area contributed by atoms with Gasteiger partial charge in [-0.3, -0.25) is 9.69 Å². The molecule has 1 N–H and O–H groups in total. The molecule has 1 fully saturated rings. The molecule has 4 nitrogen and oxygen atoms in total. The third kappa shape index (κ3) is 4.64. The highest BCUT2D eigenvalue weighted by Gasteiger charge is 2.30. The van der Waals surface area contributed by atoms with Gasteiger partial charge in [0.15, 0.2) is 0 Å². The molecular weight excluding hydrogens is 218 g/mol. The first kappa shape index (κ1) is 14.5. The molecule has 0 aliphatic carbocycles. The van der Waals surface area contributed by atoms with Crippen LogP contribution < -0.4 is 0 Å². The van der Waals surface area contributed by atoms with Crippen LogP contribution in [0.25, 0.3) is 0 Å². The Kier molecular flexibility index (Phi) is 5.40. The van der Waals surface area contributed by atoms with Crippen LogP contribution in [0.4, 0.5) is 0 Å². The monoisotopic (exact) mass is 243 g/mol. The average molecular weight is 243 g/mol. The first-order valence-electron chi connectivity index (χ1n) is 6.60. The number of piperidine rings is 1. The molecule has 4 heteroatoms. The summed E-state index contributed by atoms with van der Waals surface area (Å²) in [6, 6.07) is 0. The number of nitrogens with zero attached hydrogens (tertiary/aromatic N) is 1. The molecule has 2 atom stereocenters. The van der Waals surface area contributed by atoms with Crippen molar-refractivity contribution in [3.8, 4) is 0 Å². The maximum atomic E-state index is 11.7. The maximum absolute atomic E-state index is 11.7. The van der Waals surface area contributed by atoms with Crippen LogP contribution in [-0.4, -0.2) is 47.8 Å². The fraction of sp³-hybridized carbons (Fsp3) is 0.923. The van der Waals surface area contributed by atoms with Gasteiger partial charge in [0.1, 0.15) is 0 Å². The molecule has 100 valence electrons. The van der Waals surface area contributed by atoms with E-state index >= 15 is 0 Å². The minimum atomic E-state index is -0.656. The lowest BCUT2D eigenvalue weighted by Crippen LogP contribution is -2.46. The van der Waals surface area contributed by atoms with Crippen LogP contribution in [0.15, 0.2) is 0 Å². The van der Waals surface area contributed by atoms with Crippen LogP contribution in [0, 0.1) is 5.92 Å². The van der Waals surface area contributed by atoms with E-state index < -0.39 is 5.60 Å². The molecule has 0 bridgehead atoms. The van der Waals surface area contributed by atoms with Crippen molar-refractivity contribution in [3.63, 3.8) is 0 Å². The lowest BCUT2D eigenvalue weighted by Gasteiger charge is -2.36. The molecule has 0 aromatic rings. The van der Waals surface area contributed by atoms with Crippen molar-refractivity contribution >= 4 is 5.97 Å². The second kappa shape index (κ2) is 6.36. The van der Waals surface area contributed by atoms with Crippen LogP contribution in [0.3, 0.4) is 0 Å². The lowest BCUT2D eigenvalue weighted by molar-refractivity contribution is -0.150. The number of ether oxygens (including phenoxy) is 1. The molecule has 0 aromatic heterocycles. The third-order valence-corrected chi connectivity index (χ3v) is 3.45. The Morgan fingerprint density at radius 2 is 2.24 bits per heavy atom. The van der Waals surface area contributed by atoms with Gasteiger partial charge in [-0.2, -0.15) is 0 Å². The zero-order chi connectivity index (χ0) is 12.9. The predicted molar refractivity (Wildman–Crippen MR) is 66.7 cm³/mol. The minimum Gasteiger partial charge on any atom is -0.466 e. The SMILES string of the molecule is CCOC(=O)[C@@H]1CCCN(CC(C)(O)CC)C1. The topological polar surface area (TPSA) is 49.8 Å². The van der Waals surface area contributed by atoms with E-state index in [0.717, 1.165) is 32.4 Å². The van der Waals surface area contributed by atoms with Crippen molar-refractivity contribution in [2.24, 2.45) is 5.92 Å². The zero-order valence-electron chi connectivity index (χ0n) is 11.2. The standard InChI is InChI=1S/C13H25NO3/c1-4-13(3,16)10-14-8-6-7-11(9-14)12(15)17-5-2/h11,16H,4-10H2,1-3H3/t11-,13?/m1/s1. The molecule has 0 aromatic carbocycles. The van der Waals surface area contributed by atoms with Gasteiger partial charge >= 0.3 is 5.97 Å². The van der Waals surface area contributed by atoms with E-state index in [9.17, 15) is 9.90 Å². The van der Waals surface area contributed by atoms with Gasteiger partial charge in [-0.15, -0.1) is 0 Å². The molecule has 1 aliphatic heterocycles. The maximum Gasteiger partial charge on any atom is 0.310 e. The van der Waals surface area contributed by atoms with Gasteiger partial charge in [-0.1, -0.05) is 6.92 Å². The molecule has 1 unspecified atom stereocenters. The van der Waals surface area contributed by atoms with Crippen LogP contribution in [0.2, 0.25) is 0 Å². The number of likely N-dealkylation sites (tertiary alicyclic amines) is 1. The fourth-order valence-corrected chi connectivity index (χ4v) is 2.25. The zero-order valence-corrected chi connectivity index (χ0v) is 11.2. The molecule has 1 aliphatic rings. The van der Waals surface area contributed by atoms with E-state index in [1.165, 1.54) is 0 Å². The van der Waals surface area contributed by atoms with Crippen molar-refractivity contribution in [2.75, 3.05) is 26.2 Å². The summed E-state index contributed by atoms with van der Waals surface area (Å²) in [6.07, 6.45) is 2.64. The van der Waals surface area contributed by atoms with Gasteiger partial charge in [0.25, 0.3) is 0 Å². The fourth-order valence-electron chi connectivity index (χ4n) is 2.25. The van der Waals surface area contributed by atoms with E-state index in [1.54, 1.807) is 0 Å². The first-order chi connectivity index (χ1) is 7.98. The summed E-state index contributed by atoms with van der Waals surface area (Å²) in [4.78, 5) is 13.8. The summed E-state index contributed by atoms with van der Waals surface area (Å²) in [5.74, 6) is -0.107. The minimum absolute atomic E-state index is 0.0173. The number of hydrogen-bond acceptors (Lipinski definition) is 4. The summed E-state index contributed by atoms with van der Waals surface area (Å²) in [7, 11) is 0. The first-order valence-corrected chi connectivity index (χ1v) is 6.60. The molecular formula is C13H25NO3. The number of hydrogen-bond donors (Lipinski definition) is 1. The molecule has 0 saturated carbocycles. The Morgan fingerprint density at radius 3 is 2.82 bits per heavy atom. The largest absolute Gasteiger partial charge is 0.466 e. The van der Waals surface area contributed by atoms with E-state index in [-0.39, 0.29) is 11.9 Å². The van der Waals surface area contributed by atoms with E-state index in [4.69, 9.17) is 4.74 Å². The summed E-state index contributed by atoms with van der Waals surface area (Å²) >= 11 is 0. The highest BCUT2D eigenvalue weighted by molar-refractivity contribution is 5.72. The summed E-state index contributed by atoms with van der Waals surface area (Å²) in [5.41, 5.74) is -0.656. The molecule has 0 spiro atoms. The summed E-state index contributed by atoms with van der Waals surface area (Å²) in [6.45, 7) is 8.43. The molecule has 1 rings (SSSR count). The van der Waals surface area contributed by atoms with Crippen LogP contribution in [-0.2, 0) is 9.53 Å². The normalized spacial score (nSPS) is 25.3. The van der Waals surface area contributed by atoms with Gasteiger partial charge in [0.05, 0.1) is 18.1 Å². The van der Waals surface area contributed by atoms with Crippen LogP contribution in [0.5, 0.6) is 0 Å². The molecule has 0 radical (unpaired) electrons. The smallest absolute Gasteiger partial charge is 0.310 e. The van der Waals surface area contributed by atoms with Crippen molar-refractivity contribution in [3.05, 3.63) is 0 Å². The van der Waals surface area contributed by atoms with Gasteiger partial charge in [-0.05, 0) is 39.7 Å². The van der Waals surface area contributed by atoms with Gasteiger partial charge < -0.3 is 9.84 Å². The number of esters is 1. The predicted octanol–water partition coefficient (Wildman–Crippen LogP) is 1.42. The Labute approximate surface area is 104 Å². The average Bonchev–Trinajstić information content (AvgIpc) is 2.29. The number of rotatable bonds is 5. The van der Waals surface area contributed by atoms with Crippen LogP contribution >= 0.6 is 0 Å². The highest BCUT2D eigenvalue weighted by Crippen LogP contribution is 2.20. The Bertz CT molecular complexity index is 253. The highest BCUT2D eigenvalue weighted by atomic mass is 16.5. The van der Waals surface area contributed by atoms with Crippen molar-refractivity contribution in [2.45, 2.75) is 45.6 Å². The quantitative estimate of drug-likeness (QED) is 0.742. The second-order valence-corrected chi connectivity index (χ2v) is 5.18. The summed E-state index contributed by atoms with van der Waals surface area (Å²) < 4.78 is 5.06. The van der Waals surface area contributed by atoms with Crippen molar-refractivity contribution < 1.29 is 14.6 Å². The Hall–Kier alpha value is -0.610. The number of aliphatic hydroxyl groups is 1. The molecule has 1 heterocycles.